The van der Waals surface area contributed by atoms with Crippen LogP contribution in [-0.4, -0.2) is 72.7 Å². The van der Waals surface area contributed by atoms with Gasteiger partial charge in [-0.2, -0.15) is 0 Å². The predicted molar refractivity (Wildman–Crippen MR) is 154 cm³/mol. The zero-order chi connectivity index (χ0) is 29.2. The van der Waals surface area contributed by atoms with Crippen molar-refractivity contribution in [3.05, 3.63) is 89.4 Å². The number of methoxy groups -OCH3 is 1. The number of ether oxygens (including phenoxy) is 4. The van der Waals surface area contributed by atoms with Gasteiger partial charge in [0.05, 0.1) is 32.3 Å². The van der Waals surface area contributed by atoms with Crippen molar-refractivity contribution in [1.29, 1.82) is 0 Å². The summed E-state index contributed by atoms with van der Waals surface area (Å²) >= 11 is 0. The maximum Gasteiger partial charge on any atom is 0.418 e. The maximum absolute atomic E-state index is 13.5. The van der Waals surface area contributed by atoms with Crippen LogP contribution in [0.1, 0.15) is 42.0 Å². The molecule has 2 fully saturated rings. The molecule has 2 aliphatic heterocycles. The van der Waals surface area contributed by atoms with E-state index in [4.69, 9.17) is 18.9 Å². The van der Waals surface area contributed by atoms with E-state index in [9.17, 15) is 14.4 Å². The van der Waals surface area contributed by atoms with E-state index >= 15 is 0 Å². The van der Waals surface area contributed by atoms with E-state index in [-0.39, 0.29) is 30.6 Å². The molecule has 3 heterocycles. The highest BCUT2D eigenvalue weighted by atomic mass is 16.6. The number of amides is 2. The lowest BCUT2D eigenvalue weighted by Crippen LogP contribution is -2.28. The minimum absolute atomic E-state index is 0.204. The van der Waals surface area contributed by atoms with E-state index in [0.717, 1.165) is 39.0 Å². The number of hydrogen-bond donors (Lipinski definition) is 0. The fourth-order valence-electron chi connectivity index (χ4n) is 6.25. The molecule has 1 aromatic heterocycles. The van der Waals surface area contributed by atoms with Crippen LogP contribution >= 0.6 is 0 Å². The Balaban J connectivity index is 1.55. The molecule has 1 aliphatic carbocycles. The fourth-order valence-corrected chi connectivity index (χ4v) is 6.25. The molecular weight excluding hydrogens is 538 g/mol. The van der Waals surface area contributed by atoms with Crippen LogP contribution < -0.4 is 4.74 Å². The summed E-state index contributed by atoms with van der Waals surface area (Å²) in [4.78, 5) is 41.4. The highest BCUT2D eigenvalue weighted by molar-refractivity contribution is 5.94. The molecule has 218 valence electrons. The number of nitrogens with zero attached hydrogens (tertiary/aromatic N) is 3. The molecule has 42 heavy (non-hydrogen) atoms. The Labute approximate surface area is 243 Å². The number of allylic oxidation sites excluding steroid dienone is 2. The Kier molecular flexibility index (Phi) is 7.60. The number of fused-ring (bicyclic) bond motifs is 3. The first-order valence-electron chi connectivity index (χ1n) is 14.2. The lowest BCUT2D eigenvalue weighted by molar-refractivity contribution is 0.153. The molecular formula is C32H33N3O7. The first kappa shape index (κ1) is 27.4. The van der Waals surface area contributed by atoms with Crippen LogP contribution in [0.3, 0.4) is 0 Å². The molecule has 3 aliphatic rings. The van der Waals surface area contributed by atoms with Gasteiger partial charge in [0.25, 0.3) is 0 Å². The smallest absolute Gasteiger partial charge is 0.418 e. The van der Waals surface area contributed by atoms with E-state index in [1.165, 1.54) is 0 Å². The molecule has 6 rings (SSSR count). The second-order valence-corrected chi connectivity index (χ2v) is 10.4. The standard InChI is InChI=1S/C32H33N3O7/c1-3-40-32(38)35-27-9-5-4-7-24(27)26-19-22(20-34-16-18-42-31(34)37)28(21-10-12-23(39-2)13-11-21)25(29(26)35)8-6-14-33-15-17-41-30(33)36/h4-7,9-14,20,25,28H,3,8,15-19H2,1-2H3/b14-6+,22-20-/t25-,28+/m0/s1. The van der Waals surface area contributed by atoms with Gasteiger partial charge in [-0.25, -0.2) is 19.0 Å². The molecule has 10 nitrogen and oxygen atoms in total. The normalized spacial score (nSPS) is 21.2. The topological polar surface area (TPSA) is 99.5 Å². The number of hydrogen-bond acceptors (Lipinski definition) is 7. The SMILES string of the molecule is CCOC(=O)n1c2c(c3ccccc31)C/C(=C/N1CCOC1=O)[C@@H](c1ccc(OC)cc1)[C@@H]2C/C=C/N1CCOC1=O. The summed E-state index contributed by atoms with van der Waals surface area (Å²) in [5.74, 6) is 0.289. The van der Waals surface area contributed by atoms with Gasteiger partial charge in [0.15, 0.2) is 0 Å². The number of benzene rings is 2. The van der Waals surface area contributed by atoms with Gasteiger partial charge < -0.3 is 18.9 Å². The van der Waals surface area contributed by atoms with Gasteiger partial charge in [0.1, 0.15) is 19.0 Å². The molecule has 2 amide bonds. The molecule has 10 heteroatoms. The van der Waals surface area contributed by atoms with Crippen LogP contribution in [-0.2, 0) is 20.6 Å². The lowest BCUT2D eigenvalue weighted by Gasteiger charge is -2.36. The number of cyclic esters (lactones) is 2. The minimum Gasteiger partial charge on any atom is -0.497 e. The molecule has 0 N–H and O–H groups in total. The molecule has 0 spiro atoms. The minimum atomic E-state index is -0.434. The molecule has 0 saturated carbocycles. The largest absolute Gasteiger partial charge is 0.497 e. The molecule has 0 bridgehead atoms. The van der Waals surface area contributed by atoms with Crippen LogP contribution in [0, 0.1) is 0 Å². The Morgan fingerprint density at radius 1 is 1.00 bits per heavy atom. The van der Waals surface area contributed by atoms with E-state index in [1.54, 1.807) is 34.6 Å². The van der Waals surface area contributed by atoms with Gasteiger partial charge in [-0.15, -0.1) is 0 Å². The summed E-state index contributed by atoms with van der Waals surface area (Å²) in [5, 5.41) is 0.959. The maximum atomic E-state index is 13.5. The Morgan fingerprint density at radius 3 is 2.38 bits per heavy atom. The second kappa shape index (κ2) is 11.6. The van der Waals surface area contributed by atoms with Crippen LogP contribution in [0.5, 0.6) is 5.75 Å². The first-order chi connectivity index (χ1) is 20.5. The number of rotatable bonds is 7. The van der Waals surface area contributed by atoms with Crippen molar-refractivity contribution in [3.63, 3.8) is 0 Å². The van der Waals surface area contributed by atoms with Crippen molar-refractivity contribution in [2.45, 2.75) is 31.6 Å². The van der Waals surface area contributed by atoms with Crippen molar-refractivity contribution in [2.24, 2.45) is 0 Å². The number of carbonyl (C=O) groups excluding carboxylic acids is 3. The van der Waals surface area contributed by atoms with Crippen LogP contribution in [0.4, 0.5) is 14.4 Å². The number of aromatic nitrogens is 1. The van der Waals surface area contributed by atoms with Crippen molar-refractivity contribution >= 4 is 29.2 Å². The van der Waals surface area contributed by atoms with Crippen molar-refractivity contribution in [2.75, 3.05) is 40.0 Å². The molecule has 0 unspecified atom stereocenters. The van der Waals surface area contributed by atoms with Crippen LogP contribution in [0.15, 0.2) is 72.6 Å². The Hall–Kier alpha value is -4.73. The van der Waals surface area contributed by atoms with Crippen LogP contribution in [0.2, 0.25) is 0 Å². The van der Waals surface area contributed by atoms with E-state index < -0.39 is 6.09 Å². The van der Waals surface area contributed by atoms with E-state index in [0.29, 0.717) is 39.1 Å². The quantitative estimate of drug-likeness (QED) is 0.332. The zero-order valence-electron chi connectivity index (χ0n) is 23.7. The van der Waals surface area contributed by atoms with E-state index in [2.05, 4.69) is 0 Å². The third kappa shape index (κ3) is 4.97. The molecule has 2 atom stereocenters. The first-order valence-corrected chi connectivity index (χ1v) is 14.2. The van der Waals surface area contributed by atoms with Gasteiger partial charge in [-0.05, 0) is 54.7 Å². The molecule has 2 aromatic carbocycles. The third-order valence-electron chi connectivity index (χ3n) is 8.06. The summed E-state index contributed by atoms with van der Waals surface area (Å²) in [7, 11) is 1.63. The van der Waals surface area contributed by atoms with Gasteiger partial charge >= 0.3 is 18.3 Å². The van der Waals surface area contributed by atoms with Gasteiger partial charge in [0, 0.05) is 35.3 Å². The molecule has 3 aromatic rings. The lowest BCUT2D eigenvalue weighted by atomic mass is 9.70. The van der Waals surface area contributed by atoms with Crippen molar-refractivity contribution < 1.29 is 33.3 Å². The van der Waals surface area contributed by atoms with Gasteiger partial charge in [0.2, 0.25) is 0 Å². The monoisotopic (exact) mass is 571 g/mol. The third-order valence-corrected chi connectivity index (χ3v) is 8.06. The summed E-state index contributed by atoms with van der Waals surface area (Å²) in [5.41, 5.74) is 4.69. The Morgan fingerprint density at radius 2 is 1.71 bits per heavy atom. The molecule has 0 radical (unpaired) electrons. The highest BCUT2D eigenvalue weighted by Gasteiger charge is 2.40. The van der Waals surface area contributed by atoms with E-state index in [1.807, 2.05) is 60.8 Å². The summed E-state index contributed by atoms with van der Waals surface area (Å²) in [6.07, 6.45) is 5.47. The predicted octanol–water partition coefficient (Wildman–Crippen LogP) is 5.77. The highest BCUT2D eigenvalue weighted by Crippen LogP contribution is 2.50. The molecule has 2 saturated heterocycles. The van der Waals surface area contributed by atoms with Gasteiger partial charge in [-0.1, -0.05) is 36.4 Å². The van der Waals surface area contributed by atoms with Crippen molar-refractivity contribution in [1.82, 2.24) is 14.4 Å². The van der Waals surface area contributed by atoms with Gasteiger partial charge in [-0.3, -0.25) is 9.80 Å². The van der Waals surface area contributed by atoms with Crippen LogP contribution in [0.25, 0.3) is 10.9 Å². The number of carbonyl (C=O) groups is 3. The zero-order valence-corrected chi connectivity index (χ0v) is 23.7. The van der Waals surface area contributed by atoms with Crippen molar-refractivity contribution in [3.8, 4) is 5.75 Å². The summed E-state index contributed by atoms with van der Waals surface area (Å²) in [6.45, 7) is 3.67. The average molecular weight is 572 g/mol. The second-order valence-electron chi connectivity index (χ2n) is 10.4. The summed E-state index contributed by atoms with van der Waals surface area (Å²) in [6, 6.07) is 15.7. The fraction of sp³-hybridized carbons (Fsp3) is 0.344. The summed E-state index contributed by atoms with van der Waals surface area (Å²) < 4.78 is 23.0. The number of para-hydroxylation sites is 1. The average Bonchev–Trinajstić information content (AvgIpc) is 3.70. The Bertz CT molecular complexity index is 1570.